The number of aryl methyl sites for hydroxylation is 2. The number of hydrogen-bond donors (Lipinski definition) is 3. The van der Waals surface area contributed by atoms with Crippen molar-refractivity contribution in [2.75, 3.05) is 30.3 Å². The molecule has 29 heavy (non-hydrogen) atoms. The molecule has 0 fully saturated rings. The summed E-state index contributed by atoms with van der Waals surface area (Å²) in [5, 5.41) is 8.80. The number of hydrogen-bond acceptors (Lipinski definition) is 4. The fourth-order valence-corrected chi connectivity index (χ4v) is 2.64. The summed E-state index contributed by atoms with van der Waals surface area (Å²) in [6.07, 6.45) is 0.968. The van der Waals surface area contributed by atoms with Crippen LogP contribution in [0.5, 0.6) is 0 Å². The number of benzene rings is 2. The molecule has 0 saturated carbocycles. The van der Waals surface area contributed by atoms with E-state index in [0.717, 1.165) is 12.1 Å². The van der Waals surface area contributed by atoms with Gasteiger partial charge in [-0.05, 0) is 81.6 Å². The van der Waals surface area contributed by atoms with Crippen LogP contribution in [-0.4, -0.2) is 37.6 Å². The molecule has 0 saturated heterocycles. The Bertz CT molecular complexity index is 817. The van der Waals surface area contributed by atoms with Gasteiger partial charge in [-0.15, -0.1) is 0 Å². The average molecular weight is 398 g/mol. The quantitative estimate of drug-likeness (QED) is 0.531. The molecule has 6 heteroatoms. The van der Waals surface area contributed by atoms with E-state index >= 15 is 0 Å². The SMILES string of the molecule is Cc1ccc(NCC(=O)Nc2ccc(C(=O)NCCCOC(C)C)cc2)cc1C. The summed E-state index contributed by atoms with van der Waals surface area (Å²) in [5.41, 5.74) is 4.51. The van der Waals surface area contributed by atoms with E-state index in [2.05, 4.69) is 22.9 Å². The summed E-state index contributed by atoms with van der Waals surface area (Å²) >= 11 is 0. The van der Waals surface area contributed by atoms with Crippen LogP contribution in [0, 0.1) is 13.8 Å². The van der Waals surface area contributed by atoms with Gasteiger partial charge in [0, 0.05) is 30.1 Å². The van der Waals surface area contributed by atoms with Crippen molar-refractivity contribution >= 4 is 23.2 Å². The number of carbonyl (C=O) groups is 2. The van der Waals surface area contributed by atoms with Crippen molar-refractivity contribution in [1.82, 2.24) is 5.32 Å². The molecule has 0 bridgehead atoms. The Morgan fingerprint density at radius 1 is 0.966 bits per heavy atom. The molecule has 2 aromatic rings. The van der Waals surface area contributed by atoms with E-state index in [0.29, 0.717) is 24.4 Å². The molecule has 0 aliphatic rings. The minimum absolute atomic E-state index is 0.135. The molecule has 2 aromatic carbocycles. The second-order valence-electron chi connectivity index (χ2n) is 7.31. The van der Waals surface area contributed by atoms with Crippen LogP contribution in [0.15, 0.2) is 42.5 Å². The Morgan fingerprint density at radius 3 is 2.31 bits per heavy atom. The Kier molecular flexibility index (Phi) is 8.68. The van der Waals surface area contributed by atoms with Crippen molar-refractivity contribution in [3.05, 3.63) is 59.2 Å². The fraction of sp³-hybridized carbons (Fsp3) is 0.391. The molecule has 3 N–H and O–H groups in total. The van der Waals surface area contributed by atoms with E-state index in [4.69, 9.17) is 4.74 Å². The van der Waals surface area contributed by atoms with Gasteiger partial charge in [-0.2, -0.15) is 0 Å². The summed E-state index contributed by atoms with van der Waals surface area (Å²) in [6, 6.07) is 12.9. The zero-order valence-electron chi connectivity index (χ0n) is 17.7. The maximum atomic E-state index is 12.1. The molecule has 0 aromatic heterocycles. The number of rotatable bonds is 10. The van der Waals surface area contributed by atoms with E-state index in [1.807, 2.05) is 39.0 Å². The first-order valence-corrected chi connectivity index (χ1v) is 9.96. The highest BCUT2D eigenvalue weighted by Gasteiger charge is 2.07. The number of carbonyl (C=O) groups excluding carboxylic acids is 2. The highest BCUT2D eigenvalue weighted by atomic mass is 16.5. The van der Waals surface area contributed by atoms with Crippen molar-refractivity contribution in [2.45, 2.75) is 40.2 Å². The summed E-state index contributed by atoms with van der Waals surface area (Å²) < 4.78 is 5.44. The number of nitrogens with one attached hydrogen (secondary N) is 3. The summed E-state index contributed by atoms with van der Waals surface area (Å²) in [4.78, 5) is 24.3. The van der Waals surface area contributed by atoms with Gasteiger partial charge in [-0.1, -0.05) is 6.07 Å². The molecule has 0 unspecified atom stereocenters. The van der Waals surface area contributed by atoms with Gasteiger partial charge in [-0.25, -0.2) is 0 Å². The Labute approximate surface area is 173 Å². The second kappa shape index (κ2) is 11.2. The van der Waals surface area contributed by atoms with E-state index < -0.39 is 0 Å². The van der Waals surface area contributed by atoms with Crippen molar-refractivity contribution in [1.29, 1.82) is 0 Å². The fourth-order valence-electron chi connectivity index (χ4n) is 2.64. The zero-order chi connectivity index (χ0) is 21.2. The molecule has 0 heterocycles. The number of ether oxygens (including phenoxy) is 1. The second-order valence-corrected chi connectivity index (χ2v) is 7.31. The minimum atomic E-state index is -0.148. The number of anilines is 2. The topological polar surface area (TPSA) is 79.5 Å². The predicted molar refractivity (Wildman–Crippen MR) is 118 cm³/mol. The predicted octanol–water partition coefficient (Wildman–Crippen LogP) is 3.90. The molecule has 0 aliphatic heterocycles. The largest absolute Gasteiger partial charge is 0.379 e. The molecule has 0 aliphatic carbocycles. The van der Waals surface area contributed by atoms with Gasteiger partial charge in [0.1, 0.15) is 0 Å². The van der Waals surface area contributed by atoms with E-state index in [1.165, 1.54) is 11.1 Å². The van der Waals surface area contributed by atoms with Gasteiger partial charge in [0.15, 0.2) is 0 Å². The van der Waals surface area contributed by atoms with Gasteiger partial charge in [-0.3, -0.25) is 9.59 Å². The van der Waals surface area contributed by atoms with Gasteiger partial charge >= 0.3 is 0 Å². The first kappa shape index (κ1) is 22.4. The normalized spacial score (nSPS) is 10.7. The molecule has 0 spiro atoms. The molecule has 0 radical (unpaired) electrons. The molecule has 2 rings (SSSR count). The van der Waals surface area contributed by atoms with Crippen molar-refractivity contribution in [3.63, 3.8) is 0 Å². The van der Waals surface area contributed by atoms with Crippen molar-refractivity contribution in [2.24, 2.45) is 0 Å². The number of amides is 2. The molecule has 0 atom stereocenters. The summed E-state index contributed by atoms with van der Waals surface area (Å²) in [6.45, 7) is 9.42. The van der Waals surface area contributed by atoms with Crippen LogP contribution in [-0.2, 0) is 9.53 Å². The lowest BCUT2D eigenvalue weighted by atomic mass is 10.1. The average Bonchev–Trinajstić information content (AvgIpc) is 2.69. The van der Waals surface area contributed by atoms with Gasteiger partial charge < -0.3 is 20.7 Å². The third-order valence-corrected chi connectivity index (χ3v) is 4.45. The van der Waals surface area contributed by atoms with Crippen LogP contribution in [0.25, 0.3) is 0 Å². The molecular formula is C23H31N3O3. The first-order chi connectivity index (χ1) is 13.8. The monoisotopic (exact) mass is 397 g/mol. The standard InChI is InChI=1S/C23H31N3O3/c1-16(2)29-13-5-12-24-23(28)19-7-10-20(11-8-19)26-22(27)15-25-21-9-6-17(3)18(4)14-21/h6-11,14,16,25H,5,12-13,15H2,1-4H3,(H,24,28)(H,26,27). The van der Waals surface area contributed by atoms with Crippen LogP contribution in [0.1, 0.15) is 41.8 Å². The van der Waals surface area contributed by atoms with Gasteiger partial charge in [0.05, 0.1) is 12.6 Å². The minimum Gasteiger partial charge on any atom is -0.379 e. The third-order valence-electron chi connectivity index (χ3n) is 4.45. The van der Waals surface area contributed by atoms with Crippen LogP contribution in [0.4, 0.5) is 11.4 Å². The van der Waals surface area contributed by atoms with Crippen molar-refractivity contribution in [3.8, 4) is 0 Å². The third kappa shape index (κ3) is 7.95. The van der Waals surface area contributed by atoms with Gasteiger partial charge in [0.2, 0.25) is 5.91 Å². The molecular weight excluding hydrogens is 366 g/mol. The van der Waals surface area contributed by atoms with Crippen LogP contribution in [0.3, 0.4) is 0 Å². The van der Waals surface area contributed by atoms with E-state index in [1.54, 1.807) is 24.3 Å². The highest BCUT2D eigenvalue weighted by molar-refractivity contribution is 5.96. The first-order valence-electron chi connectivity index (χ1n) is 9.96. The summed E-state index contributed by atoms with van der Waals surface area (Å²) in [7, 11) is 0. The Balaban J connectivity index is 1.75. The lowest BCUT2D eigenvalue weighted by Crippen LogP contribution is -2.25. The smallest absolute Gasteiger partial charge is 0.251 e. The lowest BCUT2D eigenvalue weighted by molar-refractivity contribution is -0.114. The van der Waals surface area contributed by atoms with E-state index in [9.17, 15) is 9.59 Å². The molecule has 156 valence electrons. The lowest BCUT2D eigenvalue weighted by Gasteiger charge is -2.10. The van der Waals surface area contributed by atoms with Crippen LogP contribution < -0.4 is 16.0 Å². The maximum absolute atomic E-state index is 12.1. The zero-order valence-corrected chi connectivity index (χ0v) is 17.7. The highest BCUT2D eigenvalue weighted by Crippen LogP contribution is 2.14. The molecule has 6 nitrogen and oxygen atoms in total. The van der Waals surface area contributed by atoms with Crippen LogP contribution >= 0.6 is 0 Å². The Morgan fingerprint density at radius 2 is 1.66 bits per heavy atom. The van der Waals surface area contributed by atoms with E-state index in [-0.39, 0.29) is 24.5 Å². The molecule has 2 amide bonds. The summed E-state index contributed by atoms with van der Waals surface area (Å²) in [5.74, 6) is -0.283. The Hall–Kier alpha value is -2.86. The van der Waals surface area contributed by atoms with Gasteiger partial charge in [0.25, 0.3) is 5.91 Å². The van der Waals surface area contributed by atoms with Crippen molar-refractivity contribution < 1.29 is 14.3 Å². The van der Waals surface area contributed by atoms with Crippen LogP contribution in [0.2, 0.25) is 0 Å². The maximum Gasteiger partial charge on any atom is 0.251 e.